The fourth-order valence-electron chi connectivity index (χ4n) is 6.91. The number of amides is 7. The van der Waals surface area contributed by atoms with Crippen molar-refractivity contribution in [3.63, 3.8) is 0 Å². The average Bonchev–Trinajstić information content (AvgIpc) is 3.73. The number of carbonyl (C=O) groups is 7. The zero-order chi connectivity index (χ0) is 44.4. The summed E-state index contributed by atoms with van der Waals surface area (Å²) in [7, 11) is 1.22. The molecule has 0 radical (unpaired) electrons. The van der Waals surface area contributed by atoms with E-state index in [2.05, 4.69) is 36.9 Å². The minimum atomic E-state index is -2.45. The first kappa shape index (κ1) is 46.2. The van der Waals surface area contributed by atoms with Crippen LogP contribution < -0.4 is 31.9 Å². The van der Waals surface area contributed by atoms with Crippen molar-refractivity contribution in [2.75, 3.05) is 26.7 Å². The number of benzene rings is 2. The molecule has 2 aliphatic heterocycles. The molecule has 12 N–H and O–H groups in total. The lowest BCUT2D eigenvalue weighted by atomic mass is 9.95. The van der Waals surface area contributed by atoms with Crippen molar-refractivity contribution < 1.29 is 59.1 Å². The van der Waals surface area contributed by atoms with E-state index in [9.17, 15) is 59.1 Å². The zero-order valence-corrected chi connectivity index (χ0v) is 33.7. The van der Waals surface area contributed by atoms with Crippen LogP contribution >= 0.6 is 11.6 Å². The van der Waals surface area contributed by atoms with E-state index in [0.29, 0.717) is 21.5 Å². The van der Waals surface area contributed by atoms with E-state index in [1.807, 2.05) is 0 Å². The van der Waals surface area contributed by atoms with Crippen molar-refractivity contribution >= 4 is 69.9 Å². The number of nitrogens with one attached hydrogen (secondary N) is 7. The molecule has 2 saturated heterocycles. The molecular weight excluding hydrogens is 820 g/mol. The van der Waals surface area contributed by atoms with Crippen LogP contribution in [0, 0.1) is 0 Å². The second kappa shape index (κ2) is 20.6. The summed E-state index contributed by atoms with van der Waals surface area (Å²) in [6.07, 6.45) is -5.31. The highest BCUT2D eigenvalue weighted by molar-refractivity contribution is 6.31. The number of fused-ring (bicyclic) bond motifs is 2. The van der Waals surface area contributed by atoms with Gasteiger partial charge in [0.25, 0.3) is 5.91 Å². The van der Waals surface area contributed by atoms with E-state index in [1.54, 1.807) is 60.8 Å². The summed E-state index contributed by atoms with van der Waals surface area (Å²) in [5, 5.41) is 70.6. The minimum absolute atomic E-state index is 0.0809. The molecule has 21 heteroatoms. The Bertz CT molecular complexity index is 2140. The third-order valence-corrected chi connectivity index (χ3v) is 10.5. The van der Waals surface area contributed by atoms with Crippen LogP contribution in [-0.4, -0.2) is 152 Å². The summed E-state index contributed by atoms with van der Waals surface area (Å²) in [6, 6.07) is 9.15. The molecule has 61 heavy (non-hydrogen) atoms. The van der Waals surface area contributed by atoms with E-state index >= 15 is 0 Å². The van der Waals surface area contributed by atoms with Crippen LogP contribution in [0.3, 0.4) is 0 Å². The molecule has 0 bridgehead atoms. The topological polar surface area (TPSA) is 312 Å². The molecule has 3 heterocycles. The Kier molecular flexibility index (Phi) is 15.6. The summed E-state index contributed by atoms with van der Waals surface area (Å²) >= 11 is 6.11. The molecule has 8 atom stereocenters. The van der Waals surface area contributed by atoms with Crippen LogP contribution in [0.4, 0.5) is 0 Å². The van der Waals surface area contributed by atoms with Crippen molar-refractivity contribution in [1.29, 1.82) is 0 Å². The molecule has 7 amide bonds. The zero-order valence-electron chi connectivity index (χ0n) is 33.0. The number of likely N-dealkylation sites (N-methyl/N-ethyl adjacent to an activating group) is 1. The first-order chi connectivity index (χ1) is 28.9. The van der Waals surface area contributed by atoms with Crippen molar-refractivity contribution in [2.24, 2.45) is 0 Å². The molecule has 0 spiro atoms. The number of carbonyl (C=O) groups excluding carboxylic acids is 7. The first-order valence-corrected chi connectivity index (χ1v) is 19.7. The van der Waals surface area contributed by atoms with E-state index in [1.165, 1.54) is 13.1 Å². The van der Waals surface area contributed by atoms with E-state index < -0.39 is 129 Å². The summed E-state index contributed by atoms with van der Waals surface area (Å²) in [6.45, 7) is -1.78. The Hall–Kier alpha value is -5.90. The SMILES string of the molecule is CN1CC(=O)N[C@H](Cc2c[nH]c3cc(Cl)ccc23)C(=O)NCC(=O)NC[C@H](O)CC(=O)N[C@H]([C@H](O)[C@@H](O)C/C=C/c2ccccc2)[C@H](O)C(=O)N[C@@H]2CC(=O)N[C@@]2(O)CC1=O. The highest BCUT2D eigenvalue weighted by Gasteiger charge is 2.49. The van der Waals surface area contributed by atoms with Crippen LogP contribution in [0.1, 0.15) is 36.8 Å². The van der Waals surface area contributed by atoms with Crippen molar-refractivity contribution in [3.8, 4) is 0 Å². The lowest BCUT2D eigenvalue weighted by molar-refractivity contribution is -0.145. The predicted molar refractivity (Wildman–Crippen MR) is 218 cm³/mol. The molecule has 1 aromatic heterocycles. The van der Waals surface area contributed by atoms with Crippen molar-refractivity contribution in [3.05, 3.63) is 77.0 Å². The Balaban J connectivity index is 1.37. The van der Waals surface area contributed by atoms with E-state index in [0.717, 1.165) is 10.5 Å². The van der Waals surface area contributed by atoms with Gasteiger partial charge in [0.1, 0.15) is 12.1 Å². The largest absolute Gasteiger partial charge is 0.391 e. The molecule has 2 aromatic carbocycles. The number of aliphatic hydroxyl groups excluding tert-OH is 4. The normalized spacial score (nSPS) is 26.7. The molecule has 20 nitrogen and oxygen atoms in total. The number of halogens is 1. The Morgan fingerprint density at radius 1 is 0.885 bits per heavy atom. The number of aromatic nitrogens is 1. The minimum Gasteiger partial charge on any atom is -0.391 e. The smallest absolute Gasteiger partial charge is 0.251 e. The van der Waals surface area contributed by atoms with Gasteiger partial charge in [0.2, 0.25) is 35.4 Å². The van der Waals surface area contributed by atoms with Gasteiger partial charge in [-0.15, -0.1) is 0 Å². The van der Waals surface area contributed by atoms with Gasteiger partial charge in [0.05, 0.1) is 56.6 Å². The third-order valence-electron chi connectivity index (χ3n) is 10.2. The van der Waals surface area contributed by atoms with Crippen molar-refractivity contribution in [2.45, 2.75) is 80.4 Å². The van der Waals surface area contributed by atoms with Gasteiger partial charge in [0.15, 0.2) is 11.8 Å². The Morgan fingerprint density at radius 3 is 2.36 bits per heavy atom. The van der Waals surface area contributed by atoms with E-state index in [4.69, 9.17) is 11.6 Å². The fourth-order valence-corrected chi connectivity index (χ4v) is 7.08. The maximum atomic E-state index is 13.5. The van der Waals surface area contributed by atoms with Crippen LogP contribution in [0.15, 0.2) is 60.8 Å². The number of hydrogen-bond acceptors (Lipinski definition) is 12. The lowest BCUT2D eigenvalue weighted by Crippen LogP contribution is -2.63. The molecule has 5 rings (SSSR count). The fraction of sp³-hybridized carbons (Fsp3) is 0.425. The highest BCUT2D eigenvalue weighted by Crippen LogP contribution is 2.25. The molecule has 328 valence electrons. The summed E-state index contributed by atoms with van der Waals surface area (Å²) in [5.41, 5.74) is -0.437. The quantitative estimate of drug-likeness (QED) is 0.114. The summed E-state index contributed by atoms with van der Waals surface area (Å²) in [5.74, 6) is -6.44. The number of nitrogens with zero attached hydrogens (tertiary/aromatic N) is 1. The molecule has 0 saturated carbocycles. The van der Waals surface area contributed by atoms with Crippen LogP contribution in [0.5, 0.6) is 0 Å². The second-order valence-corrected chi connectivity index (χ2v) is 15.5. The standard InChI is InChI=1S/C40H49ClN8O12/c1-49-20-33(55)45-27(12-22-17-42-26-13-23(41)10-11-25(22)26)38(59)44-19-32(54)43-18-24(50)14-30(52)47-35(36(57)28(51)9-5-8-21-6-3-2-4-7-21)37(58)39(60)46-29-15-31(53)48-40(29,61)16-34(49)56/h2-8,10-11,13,17,24,27-29,35-37,42,50-51,57-58,61H,9,12,14-16,18-20H2,1H3,(H,43,54)(H,44,59)(H,45,55)(H,46,60)(H,47,52)(H,48,53)/b8-5+/t24-,27-,28+,29-,35-,36-,37+,40-/m1/s1. The molecule has 2 fully saturated rings. The average molecular weight is 869 g/mol. The number of H-pyrrole nitrogens is 1. The van der Waals surface area contributed by atoms with Crippen LogP contribution in [0.2, 0.25) is 5.02 Å². The third kappa shape index (κ3) is 12.6. The number of aromatic amines is 1. The number of hydrogen-bond donors (Lipinski definition) is 12. The van der Waals surface area contributed by atoms with Gasteiger partial charge >= 0.3 is 0 Å². The summed E-state index contributed by atoms with van der Waals surface area (Å²) < 4.78 is 0. The monoisotopic (exact) mass is 868 g/mol. The predicted octanol–water partition coefficient (Wildman–Crippen LogP) is -2.94. The van der Waals surface area contributed by atoms with Crippen LogP contribution in [0.25, 0.3) is 17.0 Å². The van der Waals surface area contributed by atoms with Gasteiger partial charge < -0.3 is 67.3 Å². The maximum absolute atomic E-state index is 13.5. The summed E-state index contributed by atoms with van der Waals surface area (Å²) in [4.78, 5) is 96.1. The molecule has 2 aliphatic rings. The second-order valence-electron chi connectivity index (χ2n) is 15.0. The number of aliphatic hydroxyl groups is 5. The molecule has 0 unspecified atom stereocenters. The Labute approximate surface area is 354 Å². The van der Waals surface area contributed by atoms with Crippen LogP contribution in [-0.2, 0) is 40.0 Å². The number of β-amino-alcohol motifs (C(OH)–C–C–N with tert-alkyl or cyclic N) is 1. The Morgan fingerprint density at radius 2 is 1.62 bits per heavy atom. The molecular formula is C40H49ClN8O12. The van der Waals surface area contributed by atoms with Gasteiger partial charge in [-0.25, -0.2) is 0 Å². The molecule has 0 aliphatic carbocycles. The van der Waals surface area contributed by atoms with Gasteiger partial charge in [-0.05, 0) is 29.7 Å². The van der Waals surface area contributed by atoms with Gasteiger partial charge in [-0.1, -0.05) is 60.2 Å². The highest BCUT2D eigenvalue weighted by atomic mass is 35.5. The van der Waals surface area contributed by atoms with E-state index in [-0.39, 0.29) is 12.8 Å². The maximum Gasteiger partial charge on any atom is 0.251 e. The van der Waals surface area contributed by atoms with Gasteiger partial charge in [-0.2, -0.15) is 0 Å². The van der Waals surface area contributed by atoms with Gasteiger partial charge in [-0.3, -0.25) is 33.6 Å². The lowest BCUT2D eigenvalue weighted by Gasteiger charge is -2.34. The first-order valence-electron chi connectivity index (χ1n) is 19.3. The van der Waals surface area contributed by atoms with Crippen molar-refractivity contribution in [1.82, 2.24) is 41.8 Å². The van der Waals surface area contributed by atoms with Gasteiger partial charge in [0, 0.05) is 42.1 Å². The number of rotatable bonds is 7. The molecule has 3 aromatic rings.